The fourth-order valence-electron chi connectivity index (χ4n) is 1.55. The molecule has 2 unspecified atom stereocenters. The third-order valence-electron chi connectivity index (χ3n) is 2.21. The van der Waals surface area contributed by atoms with Crippen molar-refractivity contribution in [1.82, 2.24) is 9.88 Å². The van der Waals surface area contributed by atoms with Crippen LogP contribution < -0.4 is 5.73 Å². The second kappa shape index (κ2) is 5.05. The maximum absolute atomic E-state index is 9.75. The van der Waals surface area contributed by atoms with Crippen LogP contribution >= 0.6 is 0 Å². The van der Waals surface area contributed by atoms with Crippen LogP contribution in [0.5, 0.6) is 0 Å². The van der Waals surface area contributed by atoms with E-state index in [1.54, 1.807) is 12.4 Å². The lowest BCUT2D eigenvalue weighted by Gasteiger charge is -2.28. The Bertz CT molecular complexity index is 263. The molecule has 4 nitrogen and oxygen atoms in total. The molecule has 0 radical (unpaired) electrons. The Hall–Kier alpha value is -0.970. The lowest BCUT2D eigenvalue weighted by molar-refractivity contribution is 0.0823. The van der Waals surface area contributed by atoms with Crippen molar-refractivity contribution in [3.8, 4) is 0 Å². The van der Waals surface area contributed by atoms with Crippen molar-refractivity contribution in [1.29, 1.82) is 0 Å². The average molecular weight is 195 g/mol. The minimum Gasteiger partial charge on any atom is -0.390 e. The molecule has 1 aromatic heterocycles. The smallest absolute Gasteiger partial charge is 0.0858 e. The van der Waals surface area contributed by atoms with E-state index < -0.39 is 6.10 Å². The first kappa shape index (κ1) is 11.1. The fraction of sp³-hybridized carbons (Fsp3) is 0.500. The molecule has 0 aliphatic carbocycles. The van der Waals surface area contributed by atoms with Crippen LogP contribution in [0, 0.1) is 0 Å². The highest BCUT2D eigenvalue weighted by molar-refractivity contribution is 5.16. The van der Waals surface area contributed by atoms with Gasteiger partial charge in [-0.3, -0.25) is 4.98 Å². The van der Waals surface area contributed by atoms with Gasteiger partial charge >= 0.3 is 0 Å². The highest BCUT2D eigenvalue weighted by atomic mass is 16.3. The molecule has 4 heteroatoms. The predicted octanol–water partition coefficient (Wildman–Crippen LogP) is 0.00390. The molecule has 0 amide bonds. The van der Waals surface area contributed by atoms with Gasteiger partial charge in [0, 0.05) is 18.9 Å². The first-order valence-corrected chi connectivity index (χ1v) is 4.61. The highest BCUT2D eigenvalue weighted by Gasteiger charge is 2.21. The molecule has 3 N–H and O–H groups in total. The molecule has 0 aliphatic rings. The molecule has 0 fully saturated rings. The van der Waals surface area contributed by atoms with Crippen molar-refractivity contribution in [3.05, 3.63) is 30.1 Å². The first-order valence-electron chi connectivity index (χ1n) is 4.61. The van der Waals surface area contributed by atoms with Gasteiger partial charge in [0.2, 0.25) is 0 Å². The summed E-state index contributed by atoms with van der Waals surface area (Å²) in [6, 6.07) is 3.72. The quantitative estimate of drug-likeness (QED) is 0.710. The number of aliphatic hydroxyl groups excluding tert-OH is 1. The van der Waals surface area contributed by atoms with Crippen LogP contribution in [-0.4, -0.2) is 41.7 Å². The number of aliphatic hydroxyl groups is 1. The number of pyridine rings is 1. The topological polar surface area (TPSA) is 62.4 Å². The Morgan fingerprint density at radius 1 is 1.43 bits per heavy atom. The van der Waals surface area contributed by atoms with Crippen LogP contribution in [0.25, 0.3) is 0 Å². The second-order valence-electron chi connectivity index (χ2n) is 3.49. The van der Waals surface area contributed by atoms with Gasteiger partial charge in [0.25, 0.3) is 0 Å². The molecular formula is C10H17N3O. The number of aromatic nitrogens is 1. The molecule has 0 saturated heterocycles. The van der Waals surface area contributed by atoms with Crippen molar-refractivity contribution in [2.75, 3.05) is 20.6 Å². The van der Waals surface area contributed by atoms with E-state index in [-0.39, 0.29) is 12.6 Å². The lowest BCUT2D eigenvalue weighted by atomic mass is 10.0. The molecular weight excluding hydrogens is 178 g/mol. The predicted molar refractivity (Wildman–Crippen MR) is 55.7 cm³/mol. The molecule has 0 spiro atoms. The lowest BCUT2D eigenvalue weighted by Crippen LogP contribution is -2.36. The van der Waals surface area contributed by atoms with Crippen molar-refractivity contribution < 1.29 is 5.11 Å². The standard InChI is InChI=1S/C10H17N3O/c1-13(2)10(9(14)7-11)8-3-5-12-6-4-8/h3-6,9-10,14H,7,11H2,1-2H3. The largest absolute Gasteiger partial charge is 0.390 e. The van der Waals surface area contributed by atoms with Crippen LogP contribution in [0.15, 0.2) is 24.5 Å². The van der Waals surface area contributed by atoms with Gasteiger partial charge in [-0.1, -0.05) is 0 Å². The van der Waals surface area contributed by atoms with Gasteiger partial charge in [0.1, 0.15) is 0 Å². The monoisotopic (exact) mass is 195 g/mol. The third kappa shape index (κ3) is 2.51. The summed E-state index contributed by atoms with van der Waals surface area (Å²) in [5.41, 5.74) is 6.49. The number of likely N-dealkylation sites (N-methyl/N-ethyl adjacent to an activating group) is 1. The molecule has 2 atom stereocenters. The van der Waals surface area contributed by atoms with Gasteiger partial charge in [-0.25, -0.2) is 0 Å². The Labute approximate surface area is 84.4 Å². The zero-order valence-corrected chi connectivity index (χ0v) is 8.59. The third-order valence-corrected chi connectivity index (χ3v) is 2.21. The van der Waals surface area contributed by atoms with Gasteiger partial charge < -0.3 is 15.7 Å². The maximum atomic E-state index is 9.75. The van der Waals surface area contributed by atoms with E-state index in [1.165, 1.54) is 0 Å². The van der Waals surface area contributed by atoms with E-state index in [0.29, 0.717) is 0 Å². The number of hydrogen-bond donors (Lipinski definition) is 2. The molecule has 1 aromatic rings. The minimum atomic E-state index is -0.549. The van der Waals surface area contributed by atoms with Gasteiger partial charge in [0.15, 0.2) is 0 Å². The molecule has 1 heterocycles. The van der Waals surface area contributed by atoms with Crippen LogP contribution in [0.1, 0.15) is 11.6 Å². The van der Waals surface area contributed by atoms with Crippen LogP contribution in [-0.2, 0) is 0 Å². The van der Waals surface area contributed by atoms with E-state index in [4.69, 9.17) is 5.73 Å². The van der Waals surface area contributed by atoms with E-state index in [1.807, 2.05) is 31.1 Å². The summed E-state index contributed by atoms with van der Waals surface area (Å²) < 4.78 is 0. The van der Waals surface area contributed by atoms with Gasteiger partial charge in [0.05, 0.1) is 12.1 Å². The second-order valence-corrected chi connectivity index (χ2v) is 3.49. The SMILES string of the molecule is CN(C)C(c1ccncc1)C(O)CN. The summed E-state index contributed by atoms with van der Waals surface area (Å²) in [4.78, 5) is 5.89. The molecule has 0 aliphatic heterocycles. The Kier molecular flexibility index (Phi) is 4.00. The van der Waals surface area contributed by atoms with E-state index in [2.05, 4.69) is 4.98 Å². The number of hydrogen-bond acceptors (Lipinski definition) is 4. The summed E-state index contributed by atoms with van der Waals surface area (Å²) in [6.45, 7) is 0.255. The number of nitrogens with two attached hydrogens (primary N) is 1. The van der Waals surface area contributed by atoms with E-state index >= 15 is 0 Å². The summed E-state index contributed by atoms with van der Waals surface area (Å²) in [5, 5.41) is 9.75. The van der Waals surface area contributed by atoms with Crippen molar-refractivity contribution >= 4 is 0 Å². The molecule has 78 valence electrons. The Morgan fingerprint density at radius 3 is 2.43 bits per heavy atom. The normalized spacial score (nSPS) is 15.5. The summed E-state index contributed by atoms with van der Waals surface area (Å²) in [5.74, 6) is 0. The van der Waals surface area contributed by atoms with E-state index in [0.717, 1.165) is 5.56 Å². The summed E-state index contributed by atoms with van der Waals surface area (Å²) in [7, 11) is 3.84. The molecule has 0 bridgehead atoms. The molecule has 1 rings (SSSR count). The van der Waals surface area contributed by atoms with Crippen LogP contribution in [0.4, 0.5) is 0 Å². The van der Waals surface area contributed by atoms with Crippen molar-refractivity contribution in [2.45, 2.75) is 12.1 Å². The van der Waals surface area contributed by atoms with Crippen molar-refractivity contribution in [2.24, 2.45) is 5.73 Å². The Morgan fingerprint density at radius 2 is 2.00 bits per heavy atom. The maximum Gasteiger partial charge on any atom is 0.0858 e. The van der Waals surface area contributed by atoms with Gasteiger partial charge in [-0.2, -0.15) is 0 Å². The Balaban J connectivity index is 2.89. The van der Waals surface area contributed by atoms with Gasteiger partial charge in [-0.15, -0.1) is 0 Å². The first-order chi connectivity index (χ1) is 6.66. The van der Waals surface area contributed by atoms with Crippen LogP contribution in [0.3, 0.4) is 0 Å². The summed E-state index contributed by atoms with van der Waals surface area (Å²) >= 11 is 0. The molecule has 14 heavy (non-hydrogen) atoms. The summed E-state index contributed by atoms with van der Waals surface area (Å²) in [6.07, 6.45) is 2.89. The zero-order chi connectivity index (χ0) is 10.6. The van der Waals surface area contributed by atoms with Crippen LogP contribution in [0.2, 0.25) is 0 Å². The highest BCUT2D eigenvalue weighted by Crippen LogP contribution is 2.20. The van der Waals surface area contributed by atoms with E-state index in [9.17, 15) is 5.11 Å². The average Bonchev–Trinajstić information content (AvgIpc) is 2.19. The minimum absolute atomic E-state index is 0.0667. The number of rotatable bonds is 4. The molecule has 0 aromatic carbocycles. The zero-order valence-electron chi connectivity index (χ0n) is 8.59. The molecule has 0 saturated carbocycles. The van der Waals surface area contributed by atoms with Gasteiger partial charge in [-0.05, 0) is 31.8 Å². The fourth-order valence-corrected chi connectivity index (χ4v) is 1.55. The number of nitrogens with zero attached hydrogens (tertiary/aromatic N) is 2. The van der Waals surface area contributed by atoms with Crippen molar-refractivity contribution in [3.63, 3.8) is 0 Å².